The van der Waals surface area contributed by atoms with E-state index in [0.717, 1.165) is 10.8 Å². The van der Waals surface area contributed by atoms with Gasteiger partial charge < -0.3 is 10.2 Å². The average Bonchev–Trinajstić information content (AvgIpc) is 2.93. The SMILES string of the molecule is CC(C)CN(C(=O)Nc1cccc2ccccc12)C(C)c1nc2ccccc2c(=O)n1-c1ccc(F)c(Cl)c1. The number of fused-ring (bicyclic) bond motifs is 2. The molecule has 5 rings (SSSR count). The molecule has 0 aliphatic heterocycles. The van der Waals surface area contributed by atoms with Crippen LogP contribution in [0, 0.1) is 11.7 Å². The second kappa shape index (κ2) is 10.9. The Labute approximate surface area is 230 Å². The van der Waals surface area contributed by atoms with Crippen LogP contribution in [-0.2, 0) is 0 Å². The van der Waals surface area contributed by atoms with E-state index in [1.54, 1.807) is 29.2 Å². The summed E-state index contributed by atoms with van der Waals surface area (Å²) in [6.45, 7) is 6.28. The van der Waals surface area contributed by atoms with E-state index in [-0.39, 0.29) is 22.5 Å². The van der Waals surface area contributed by atoms with Gasteiger partial charge in [-0.25, -0.2) is 14.2 Å². The maximum atomic E-state index is 14.0. The quantitative estimate of drug-likeness (QED) is 0.240. The van der Waals surface area contributed by atoms with Crippen LogP contribution in [0.4, 0.5) is 14.9 Å². The summed E-state index contributed by atoms with van der Waals surface area (Å²) in [4.78, 5) is 34.1. The summed E-state index contributed by atoms with van der Waals surface area (Å²) < 4.78 is 15.4. The first kappa shape index (κ1) is 26.4. The van der Waals surface area contributed by atoms with E-state index < -0.39 is 11.9 Å². The molecule has 39 heavy (non-hydrogen) atoms. The Morgan fingerprint density at radius 2 is 1.67 bits per heavy atom. The Balaban J connectivity index is 1.63. The Kier molecular flexibility index (Phi) is 7.35. The highest BCUT2D eigenvalue weighted by molar-refractivity contribution is 6.30. The van der Waals surface area contributed by atoms with Crippen molar-refractivity contribution in [2.75, 3.05) is 11.9 Å². The van der Waals surface area contributed by atoms with Crippen molar-refractivity contribution in [2.45, 2.75) is 26.8 Å². The number of rotatable bonds is 6. The second-order valence-electron chi connectivity index (χ2n) is 9.91. The molecule has 0 aliphatic rings. The van der Waals surface area contributed by atoms with Crippen molar-refractivity contribution in [2.24, 2.45) is 5.92 Å². The van der Waals surface area contributed by atoms with Gasteiger partial charge in [-0.3, -0.25) is 9.36 Å². The lowest BCUT2D eigenvalue weighted by molar-refractivity contribution is 0.180. The van der Waals surface area contributed by atoms with Crippen LogP contribution in [-0.4, -0.2) is 27.0 Å². The molecule has 1 unspecified atom stereocenters. The van der Waals surface area contributed by atoms with Crippen LogP contribution in [0.2, 0.25) is 5.02 Å². The molecule has 1 N–H and O–H groups in total. The van der Waals surface area contributed by atoms with Gasteiger partial charge in [-0.2, -0.15) is 0 Å². The molecule has 8 heteroatoms. The van der Waals surface area contributed by atoms with Crippen LogP contribution in [0.5, 0.6) is 0 Å². The summed E-state index contributed by atoms with van der Waals surface area (Å²) >= 11 is 6.10. The highest BCUT2D eigenvalue weighted by Gasteiger charge is 2.28. The number of hydrogen-bond acceptors (Lipinski definition) is 3. The minimum atomic E-state index is -0.622. The Hall–Kier alpha value is -4.23. The molecule has 0 fully saturated rings. The summed E-state index contributed by atoms with van der Waals surface area (Å²) in [6.07, 6.45) is 0. The number of anilines is 1. The van der Waals surface area contributed by atoms with E-state index in [2.05, 4.69) is 5.32 Å². The zero-order valence-electron chi connectivity index (χ0n) is 21.9. The monoisotopic (exact) mass is 542 g/mol. The third-order valence-corrected chi connectivity index (χ3v) is 6.95. The van der Waals surface area contributed by atoms with E-state index in [9.17, 15) is 14.0 Å². The number of carbonyl (C=O) groups is 1. The Bertz CT molecular complexity index is 1750. The van der Waals surface area contributed by atoms with Gasteiger partial charge in [-0.15, -0.1) is 0 Å². The first-order chi connectivity index (χ1) is 18.7. The standard InChI is InChI=1S/C31H28ClFN4O2/c1-19(2)18-36(31(39)35-27-14-8-10-21-9-4-5-11-23(21)27)20(3)29-34-28-13-7-6-12-24(28)30(38)37(29)22-15-16-26(33)25(32)17-22/h4-17,19-20H,18H2,1-3H3,(H,35,39). The molecule has 6 nitrogen and oxygen atoms in total. The Morgan fingerprint density at radius 3 is 2.41 bits per heavy atom. The fourth-order valence-electron chi connectivity index (χ4n) is 4.77. The number of nitrogens with one attached hydrogen (secondary N) is 1. The van der Waals surface area contributed by atoms with Crippen molar-refractivity contribution in [1.82, 2.24) is 14.5 Å². The lowest BCUT2D eigenvalue weighted by Gasteiger charge is -2.32. The number of hydrogen-bond donors (Lipinski definition) is 1. The topological polar surface area (TPSA) is 67.2 Å². The van der Waals surface area contributed by atoms with Crippen molar-refractivity contribution in [1.29, 1.82) is 0 Å². The summed E-state index contributed by atoms with van der Waals surface area (Å²) in [5.41, 5.74) is 1.23. The van der Waals surface area contributed by atoms with Crippen LogP contribution >= 0.6 is 11.6 Å². The lowest BCUT2D eigenvalue weighted by atomic mass is 10.1. The highest BCUT2D eigenvalue weighted by atomic mass is 35.5. The lowest BCUT2D eigenvalue weighted by Crippen LogP contribution is -2.41. The van der Waals surface area contributed by atoms with Crippen LogP contribution in [0.3, 0.4) is 0 Å². The molecule has 0 bridgehead atoms. The van der Waals surface area contributed by atoms with E-state index in [0.29, 0.717) is 34.6 Å². The van der Waals surface area contributed by atoms with Gasteiger partial charge in [0.1, 0.15) is 11.6 Å². The number of urea groups is 1. The molecule has 0 aliphatic carbocycles. The first-order valence-electron chi connectivity index (χ1n) is 12.8. The predicted octanol–water partition coefficient (Wildman–Crippen LogP) is 7.58. The molecule has 2 amide bonds. The molecule has 1 aromatic heterocycles. The van der Waals surface area contributed by atoms with E-state index in [4.69, 9.17) is 16.6 Å². The zero-order chi connectivity index (χ0) is 27.7. The van der Waals surface area contributed by atoms with Gasteiger partial charge in [0.25, 0.3) is 5.56 Å². The van der Waals surface area contributed by atoms with Crippen molar-refractivity contribution < 1.29 is 9.18 Å². The molecule has 0 radical (unpaired) electrons. The molecule has 198 valence electrons. The normalized spacial score (nSPS) is 12.2. The smallest absolute Gasteiger partial charge is 0.314 e. The predicted molar refractivity (Wildman–Crippen MR) is 155 cm³/mol. The molecule has 4 aromatic carbocycles. The maximum Gasteiger partial charge on any atom is 0.322 e. The van der Waals surface area contributed by atoms with E-state index in [1.807, 2.05) is 63.2 Å². The minimum absolute atomic E-state index is 0.112. The van der Waals surface area contributed by atoms with Crippen LogP contribution in [0.25, 0.3) is 27.4 Å². The maximum absolute atomic E-state index is 14.0. The number of carbonyl (C=O) groups excluding carboxylic acids is 1. The molecule has 0 saturated carbocycles. The van der Waals surface area contributed by atoms with Gasteiger partial charge in [0, 0.05) is 11.9 Å². The van der Waals surface area contributed by atoms with Gasteiger partial charge in [-0.05, 0) is 54.6 Å². The van der Waals surface area contributed by atoms with E-state index >= 15 is 0 Å². The molecule has 1 heterocycles. The van der Waals surface area contributed by atoms with E-state index in [1.165, 1.54) is 22.8 Å². The number of nitrogens with zero attached hydrogens (tertiary/aromatic N) is 3. The third kappa shape index (κ3) is 5.22. The van der Waals surface area contributed by atoms with Crippen LogP contribution in [0.1, 0.15) is 32.6 Å². The highest BCUT2D eigenvalue weighted by Crippen LogP contribution is 2.28. The summed E-state index contributed by atoms with van der Waals surface area (Å²) in [5.74, 6) is -0.116. The second-order valence-corrected chi connectivity index (χ2v) is 10.3. The van der Waals surface area contributed by atoms with Crippen LogP contribution < -0.4 is 10.9 Å². The number of halogens is 2. The fraction of sp³-hybridized carbons (Fsp3) is 0.194. The van der Waals surface area contributed by atoms with Crippen molar-refractivity contribution in [3.63, 3.8) is 0 Å². The molecular formula is C31H28ClFN4O2. The molecule has 5 aromatic rings. The summed E-state index contributed by atoms with van der Waals surface area (Å²) in [5, 5.41) is 5.30. The number of benzene rings is 4. The molecule has 0 spiro atoms. The van der Waals surface area contributed by atoms with Gasteiger partial charge in [0.2, 0.25) is 0 Å². The van der Waals surface area contributed by atoms with Gasteiger partial charge >= 0.3 is 6.03 Å². The fourth-order valence-corrected chi connectivity index (χ4v) is 4.95. The van der Waals surface area contributed by atoms with Crippen LogP contribution in [0.15, 0.2) is 89.7 Å². The number of para-hydroxylation sites is 1. The molecule has 1 atom stereocenters. The first-order valence-corrected chi connectivity index (χ1v) is 13.1. The zero-order valence-corrected chi connectivity index (χ0v) is 22.6. The third-order valence-electron chi connectivity index (χ3n) is 6.66. The number of amides is 2. The van der Waals surface area contributed by atoms with Gasteiger partial charge in [-0.1, -0.05) is 74.0 Å². The largest absolute Gasteiger partial charge is 0.322 e. The number of aromatic nitrogens is 2. The van der Waals surface area contributed by atoms with Crippen molar-refractivity contribution in [3.8, 4) is 5.69 Å². The summed E-state index contributed by atoms with van der Waals surface area (Å²) in [6, 6.07) is 23.8. The van der Waals surface area contributed by atoms with Crippen molar-refractivity contribution >= 4 is 45.0 Å². The van der Waals surface area contributed by atoms with Gasteiger partial charge in [0.15, 0.2) is 0 Å². The molecule has 0 saturated heterocycles. The Morgan fingerprint density at radius 1 is 0.974 bits per heavy atom. The average molecular weight is 543 g/mol. The summed E-state index contributed by atoms with van der Waals surface area (Å²) in [7, 11) is 0. The van der Waals surface area contributed by atoms with Gasteiger partial charge in [0.05, 0.1) is 33.3 Å². The minimum Gasteiger partial charge on any atom is -0.314 e. The molecular weight excluding hydrogens is 515 g/mol. The van der Waals surface area contributed by atoms with Crippen molar-refractivity contribution in [3.05, 3.63) is 112 Å².